The molecule has 0 aliphatic heterocycles. The summed E-state index contributed by atoms with van der Waals surface area (Å²) in [5.74, 6) is 0.495. The van der Waals surface area contributed by atoms with Gasteiger partial charge in [0.1, 0.15) is 11.5 Å². The number of fused-ring (bicyclic) bond motifs is 6. The van der Waals surface area contributed by atoms with Crippen LogP contribution < -0.4 is 4.74 Å². The number of aromatic amines is 6. The molecule has 0 fully saturated rings. The summed E-state index contributed by atoms with van der Waals surface area (Å²) in [5, 5.41) is 38.0. The highest BCUT2D eigenvalue weighted by Crippen LogP contribution is 2.47. The monoisotopic (exact) mass is 1270 g/mol. The van der Waals surface area contributed by atoms with Crippen LogP contribution in [0.25, 0.3) is 65.4 Å². The van der Waals surface area contributed by atoms with E-state index in [4.69, 9.17) is 27.9 Å². The van der Waals surface area contributed by atoms with Gasteiger partial charge >= 0.3 is 0 Å². The van der Waals surface area contributed by atoms with Gasteiger partial charge in [-0.15, -0.1) is 0 Å². The largest absolute Gasteiger partial charge is 0.506 e. The Morgan fingerprint density at radius 2 is 0.631 bits per heavy atom. The molecule has 0 aliphatic carbocycles. The first-order valence-electron chi connectivity index (χ1n) is 27.1. The predicted octanol–water partition coefficient (Wildman–Crippen LogP) is 19.4. The van der Waals surface area contributed by atoms with E-state index in [0.717, 1.165) is 71.7 Å². The van der Waals surface area contributed by atoms with Gasteiger partial charge in [-0.3, -0.25) is 0 Å². The summed E-state index contributed by atoms with van der Waals surface area (Å²) in [7, 11) is 1.53. The fourth-order valence-electron chi connectivity index (χ4n) is 11.9. The topological polar surface area (TPSA) is 165 Å². The summed E-state index contributed by atoms with van der Waals surface area (Å²) in [6, 6.07) is 62.8. The average Bonchev–Trinajstić information content (AvgIpc) is 4.56. The maximum atomic E-state index is 10.2. The van der Waals surface area contributed by atoms with Crippen LogP contribution in [-0.2, 0) is 0 Å². The number of benzene rings is 9. The van der Waals surface area contributed by atoms with E-state index in [1.807, 2.05) is 97.3 Å². The molecule has 15 aromatic rings. The molecule has 10 nitrogen and oxygen atoms in total. The van der Waals surface area contributed by atoms with Gasteiger partial charge in [0.25, 0.3) is 0 Å². The molecule has 9 N–H and O–H groups in total. The molecule has 414 valence electrons. The maximum Gasteiger partial charge on any atom is 0.176 e. The van der Waals surface area contributed by atoms with E-state index in [1.165, 1.54) is 50.9 Å². The third kappa shape index (κ3) is 10.0. The summed E-state index contributed by atoms with van der Waals surface area (Å²) < 4.78 is 6.71. The number of aromatic nitrogens is 6. The van der Waals surface area contributed by atoms with E-state index in [0.29, 0.717) is 19.7 Å². The second-order valence-corrected chi connectivity index (χ2v) is 23.2. The van der Waals surface area contributed by atoms with Crippen LogP contribution in [-0.4, -0.2) is 52.3 Å². The van der Waals surface area contributed by atoms with Gasteiger partial charge < -0.3 is 50.0 Å². The summed E-state index contributed by atoms with van der Waals surface area (Å²) in [6.45, 7) is 0. The zero-order chi connectivity index (χ0) is 57.6. The molecule has 0 saturated carbocycles. The highest BCUT2D eigenvalue weighted by Gasteiger charge is 2.28. The van der Waals surface area contributed by atoms with Gasteiger partial charge in [-0.2, -0.15) is 0 Å². The van der Waals surface area contributed by atoms with E-state index in [9.17, 15) is 15.3 Å². The van der Waals surface area contributed by atoms with E-state index in [2.05, 4.69) is 184 Å². The van der Waals surface area contributed by atoms with Crippen LogP contribution in [0, 0.1) is 0 Å². The fourth-order valence-corrected chi connectivity index (χ4v) is 13.6. The van der Waals surface area contributed by atoms with Gasteiger partial charge in [-0.05, 0) is 155 Å². The van der Waals surface area contributed by atoms with Crippen LogP contribution in [0.4, 0.5) is 0 Å². The smallest absolute Gasteiger partial charge is 0.176 e. The summed E-state index contributed by atoms with van der Waals surface area (Å²) in [5.41, 5.74) is 16.7. The lowest BCUT2D eigenvalue weighted by Gasteiger charge is -2.19. The third-order valence-electron chi connectivity index (χ3n) is 15.9. The first kappa shape index (κ1) is 54.2. The number of hydrogen-bond donors (Lipinski definition) is 9. The summed E-state index contributed by atoms with van der Waals surface area (Å²) in [6.07, 6.45) is 12.4. The molecular weight excluding hydrogens is 1220 g/mol. The Morgan fingerprint density at radius 3 is 0.940 bits per heavy atom. The number of ether oxygens (including phenoxy) is 1. The highest BCUT2D eigenvalue weighted by atomic mass is 79.9. The van der Waals surface area contributed by atoms with E-state index < -0.39 is 0 Å². The average molecular weight is 1270 g/mol. The van der Waals surface area contributed by atoms with Crippen molar-refractivity contribution in [2.45, 2.75) is 17.8 Å². The number of hydrogen-bond acceptors (Lipinski definition) is 4. The zero-order valence-corrected chi connectivity index (χ0v) is 49.5. The quantitative estimate of drug-likeness (QED) is 0.0666. The molecule has 0 atom stereocenters. The van der Waals surface area contributed by atoms with E-state index in [1.54, 1.807) is 6.07 Å². The summed E-state index contributed by atoms with van der Waals surface area (Å²) in [4.78, 5) is 20.3. The van der Waals surface area contributed by atoms with Gasteiger partial charge in [0, 0.05) is 120 Å². The number of halogens is 4. The first-order valence-corrected chi connectivity index (χ1v) is 29.5. The lowest BCUT2D eigenvalue weighted by atomic mass is 9.84. The number of phenols is 3. The van der Waals surface area contributed by atoms with Crippen molar-refractivity contribution in [1.82, 2.24) is 29.9 Å². The molecule has 15 rings (SSSR count). The van der Waals surface area contributed by atoms with Gasteiger partial charge in [-0.25, -0.2) is 0 Å². The number of nitrogens with one attached hydrogen (secondary N) is 6. The molecule has 6 aromatic heterocycles. The van der Waals surface area contributed by atoms with Gasteiger partial charge in [0.05, 0.1) is 26.1 Å². The van der Waals surface area contributed by atoms with Crippen LogP contribution in [0.2, 0.25) is 10.0 Å². The van der Waals surface area contributed by atoms with E-state index in [-0.39, 0.29) is 40.0 Å². The Labute approximate surface area is 509 Å². The predicted molar refractivity (Wildman–Crippen MR) is 349 cm³/mol. The maximum absolute atomic E-state index is 10.2. The number of methoxy groups -OCH3 is 1. The van der Waals surface area contributed by atoms with Gasteiger partial charge in [-0.1, -0.05) is 138 Å². The number of aromatic hydroxyl groups is 3. The van der Waals surface area contributed by atoms with Crippen LogP contribution in [0.3, 0.4) is 0 Å². The lowest BCUT2D eigenvalue weighted by molar-refractivity contribution is 0.373. The van der Waals surface area contributed by atoms with Crippen molar-refractivity contribution in [2.24, 2.45) is 0 Å². The van der Waals surface area contributed by atoms with Crippen molar-refractivity contribution in [3.05, 3.63) is 294 Å². The van der Waals surface area contributed by atoms with Crippen molar-refractivity contribution in [1.29, 1.82) is 0 Å². The molecular formula is C70H52Br2Cl2N6O4. The Balaban J connectivity index is 0.000000118. The number of rotatable bonds is 10. The Bertz CT molecular complexity index is 4650. The Kier molecular flexibility index (Phi) is 14.8. The standard InChI is InChI=1S/C24H19ClN2O2.C23H16Br2N2O.C23H17ClN2O/c1-29-22-11-14(10-19(25)24(22)28)23(17-12-26-20-8-4-2-6-15(17)20)18-13-27-21-9-5-3-7-16(18)21;24-18-9-13(10-19(25)23(18)28)22(16-11-26-20-7-3-1-5-14(16)20)17-12-27-21-8-4-2-6-15(17)21;24-19-11-14(9-10-22(19)27)23(17-12-25-20-7-3-1-5-15(17)20)18-13-26-21-8-4-2-6-16(18)21/h2-13,23,26-28H,1H3;1-12,22,26-28H;1-13,23,25-27H. The molecule has 9 aromatic carbocycles. The second kappa shape index (κ2) is 23.0. The molecule has 0 radical (unpaired) electrons. The van der Waals surface area contributed by atoms with Crippen molar-refractivity contribution in [3.63, 3.8) is 0 Å². The second-order valence-electron chi connectivity index (χ2n) is 20.6. The van der Waals surface area contributed by atoms with Crippen LogP contribution in [0.5, 0.6) is 23.0 Å². The molecule has 84 heavy (non-hydrogen) atoms. The molecule has 14 heteroatoms. The SMILES string of the molecule is COc1cc(C(c2c[nH]c3ccccc23)c2c[nH]c3ccccc23)cc(Cl)c1O.Oc1c(Br)cc(C(c2c[nH]c3ccccc23)c2c[nH]c3ccccc23)cc1Br.Oc1ccc(C(c2c[nH]c3ccccc23)c2c[nH]c3ccccc23)cc1Cl. The van der Waals surface area contributed by atoms with Gasteiger partial charge in [0.15, 0.2) is 11.5 Å². The first-order chi connectivity index (χ1) is 41.0. The molecule has 0 unspecified atom stereocenters. The molecule has 0 spiro atoms. The lowest BCUT2D eigenvalue weighted by Crippen LogP contribution is -2.03. The minimum Gasteiger partial charge on any atom is -0.506 e. The highest BCUT2D eigenvalue weighted by molar-refractivity contribution is 9.11. The van der Waals surface area contributed by atoms with Crippen molar-refractivity contribution < 1.29 is 20.1 Å². The van der Waals surface area contributed by atoms with Gasteiger partial charge in [0.2, 0.25) is 0 Å². The number of H-pyrrole nitrogens is 6. The number of phenolic OH excluding ortho intramolecular Hbond substituents is 3. The minimum atomic E-state index is -0.103. The summed E-state index contributed by atoms with van der Waals surface area (Å²) >= 11 is 19.6. The zero-order valence-electron chi connectivity index (χ0n) is 44.9. The number of para-hydroxylation sites is 6. The normalized spacial score (nSPS) is 11.6. The third-order valence-corrected chi connectivity index (χ3v) is 17.7. The van der Waals surface area contributed by atoms with Crippen molar-refractivity contribution in [2.75, 3.05) is 7.11 Å². The van der Waals surface area contributed by atoms with Crippen molar-refractivity contribution in [3.8, 4) is 23.0 Å². The molecule has 6 heterocycles. The Morgan fingerprint density at radius 1 is 0.345 bits per heavy atom. The molecule has 0 bridgehead atoms. The molecule has 0 aliphatic rings. The Hall–Kier alpha value is -9.04. The minimum absolute atomic E-state index is 0.000463. The van der Waals surface area contributed by atoms with Crippen LogP contribution in [0.1, 0.15) is 67.8 Å². The molecule has 0 saturated heterocycles. The fraction of sp³-hybridized carbons (Fsp3) is 0.0571. The van der Waals surface area contributed by atoms with Crippen molar-refractivity contribution >= 4 is 120 Å². The van der Waals surface area contributed by atoms with E-state index >= 15 is 0 Å². The molecule has 0 amide bonds. The van der Waals surface area contributed by atoms with Crippen LogP contribution in [0.15, 0.2) is 234 Å². The van der Waals surface area contributed by atoms with Crippen LogP contribution >= 0.6 is 55.1 Å².